The first-order valence-corrected chi connectivity index (χ1v) is 9.93. The van der Waals surface area contributed by atoms with Crippen LogP contribution >= 0.6 is 23.2 Å². The third-order valence-corrected chi connectivity index (χ3v) is 5.55. The quantitative estimate of drug-likeness (QED) is 0.300. The van der Waals surface area contributed by atoms with E-state index in [0.717, 1.165) is 38.8 Å². The lowest BCUT2D eigenvalue weighted by molar-refractivity contribution is 0.620. The van der Waals surface area contributed by atoms with Crippen LogP contribution in [0.2, 0.25) is 10.0 Å². The van der Waals surface area contributed by atoms with Crippen LogP contribution < -0.4 is 4.90 Å². The molecule has 0 spiro atoms. The van der Waals surface area contributed by atoms with Gasteiger partial charge < -0.3 is 9.32 Å². The molecule has 0 atom stereocenters. The largest absolute Gasteiger partial charge is 0.436 e. The van der Waals surface area contributed by atoms with Gasteiger partial charge in [-0.1, -0.05) is 47.5 Å². The second-order valence-corrected chi connectivity index (χ2v) is 7.72. The minimum absolute atomic E-state index is 0.577. The molecule has 142 valence electrons. The van der Waals surface area contributed by atoms with Crippen molar-refractivity contribution in [3.05, 3.63) is 88.9 Å². The van der Waals surface area contributed by atoms with E-state index < -0.39 is 0 Å². The van der Waals surface area contributed by atoms with Crippen molar-refractivity contribution in [2.24, 2.45) is 0 Å². The van der Waals surface area contributed by atoms with Crippen LogP contribution in [0.4, 0.5) is 11.4 Å². The Bertz CT molecular complexity index is 1330. The van der Waals surface area contributed by atoms with Crippen LogP contribution in [0.15, 0.2) is 83.3 Å². The fourth-order valence-corrected chi connectivity index (χ4v) is 3.79. The average Bonchev–Trinajstić information content (AvgIpc) is 3.18. The van der Waals surface area contributed by atoms with Gasteiger partial charge in [0.25, 0.3) is 0 Å². The van der Waals surface area contributed by atoms with E-state index in [0.29, 0.717) is 15.9 Å². The molecule has 0 unspecified atom stereocenters. The van der Waals surface area contributed by atoms with E-state index in [9.17, 15) is 0 Å². The molecule has 0 aliphatic heterocycles. The maximum Gasteiger partial charge on any atom is 0.227 e. The molecule has 0 saturated heterocycles. The number of oxazole rings is 1. The summed E-state index contributed by atoms with van der Waals surface area (Å²) < 4.78 is 6.15. The molecule has 4 aromatic carbocycles. The normalized spacial score (nSPS) is 11.3. The first-order chi connectivity index (χ1) is 14.1. The topological polar surface area (TPSA) is 29.3 Å². The van der Waals surface area contributed by atoms with Crippen LogP contribution in [-0.4, -0.2) is 12.0 Å². The minimum atomic E-state index is 0.577. The van der Waals surface area contributed by atoms with Crippen LogP contribution in [0, 0.1) is 0 Å². The monoisotopic (exact) mass is 418 g/mol. The van der Waals surface area contributed by atoms with Gasteiger partial charge in [0, 0.05) is 45.2 Å². The number of rotatable bonds is 3. The van der Waals surface area contributed by atoms with Crippen LogP contribution in [-0.2, 0) is 0 Å². The number of hydrogen-bond donors (Lipinski definition) is 0. The van der Waals surface area contributed by atoms with Gasteiger partial charge in [0.1, 0.15) is 5.52 Å². The standard InChI is InChI=1S/C24H16Cl2N2O/c1-28(18-12-10-17(26)11-13-18)21-14-22-23(20-5-3-2-4-19(20)21)27-24(29-22)15-6-8-16(25)9-7-15/h2-14H,1H3. The number of benzene rings is 4. The number of aromatic nitrogens is 1. The van der Waals surface area contributed by atoms with Crippen molar-refractivity contribution in [1.29, 1.82) is 0 Å². The molecule has 0 fully saturated rings. The van der Waals surface area contributed by atoms with Gasteiger partial charge in [-0.05, 0) is 48.5 Å². The first-order valence-electron chi connectivity index (χ1n) is 9.18. The fraction of sp³-hybridized carbons (Fsp3) is 0.0417. The fourth-order valence-electron chi connectivity index (χ4n) is 3.53. The van der Waals surface area contributed by atoms with Crippen molar-refractivity contribution in [2.45, 2.75) is 0 Å². The van der Waals surface area contributed by atoms with Crippen molar-refractivity contribution < 1.29 is 4.42 Å². The highest BCUT2D eigenvalue weighted by Gasteiger charge is 2.16. The maximum atomic E-state index is 6.15. The second kappa shape index (κ2) is 7.11. The maximum absolute atomic E-state index is 6.15. The predicted octanol–water partition coefficient (Wildman–Crippen LogP) is 7.72. The zero-order valence-corrected chi connectivity index (χ0v) is 17.1. The summed E-state index contributed by atoms with van der Waals surface area (Å²) in [6.07, 6.45) is 0. The van der Waals surface area contributed by atoms with Crippen molar-refractivity contribution in [1.82, 2.24) is 4.98 Å². The Morgan fingerprint density at radius 1 is 0.793 bits per heavy atom. The van der Waals surface area contributed by atoms with Gasteiger partial charge in [-0.15, -0.1) is 0 Å². The molecule has 0 aliphatic rings. The van der Waals surface area contributed by atoms with Crippen LogP contribution in [0.25, 0.3) is 33.3 Å². The Labute approximate surface area is 178 Å². The summed E-state index contributed by atoms with van der Waals surface area (Å²) in [6, 6.07) is 25.6. The van der Waals surface area contributed by atoms with Gasteiger partial charge in [-0.2, -0.15) is 0 Å². The minimum Gasteiger partial charge on any atom is -0.436 e. The summed E-state index contributed by atoms with van der Waals surface area (Å²) in [5, 5.41) is 3.55. The first kappa shape index (κ1) is 18.0. The lowest BCUT2D eigenvalue weighted by Gasteiger charge is -2.21. The smallest absolute Gasteiger partial charge is 0.227 e. The van der Waals surface area contributed by atoms with E-state index in [4.69, 9.17) is 32.6 Å². The van der Waals surface area contributed by atoms with Crippen molar-refractivity contribution in [2.75, 3.05) is 11.9 Å². The molecular formula is C24H16Cl2N2O. The molecule has 5 rings (SSSR count). The molecule has 0 radical (unpaired) electrons. The number of anilines is 2. The van der Waals surface area contributed by atoms with Crippen molar-refractivity contribution in [3.8, 4) is 11.5 Å². The molecular weight excluding hydrogens is 403 g/mol. The summed E-state index contributed by atoms with van der Waals surface area (Å²) in [4.78, 5) is 6.91. The van der Waals surface area contributed by atoms with Gasteiger partial charge in [-0.25, -0.2) is 4.98 Å². The molecule has 1 heterocycles. The van der Waals surface area contributed by atoms with Gasteiger partial charge in [0.05, 0.1) is 5.69 Å². The second-order valence-electron chi connectivity index (χ2n) is 6.85. The van der Waals surface area contributed by atoms with E-state index in [-0.39, 0.29) is 0 Å². The van der Waals surface area contributed by atoms with E-state index in [1.54, 1.807) is 0 Å². The van der Waals surface area contributed by atoms with Gasteiger partial charge in [0.2, 0.25) is 5.89 Å². The van der Waals surface area contributed by atoms with Crippen molar-refractivity contribution >= 4 is 56.4 Å². The van der Waals surface area contributed by atoms with E-state index in [1.807, 2.05) is 73.8 Å². The van der Waals surface area contributed by atoms with Crippen LogP contribution in [0.5, 0.6) is 0 Å². The average molecular weight is 419 g/mol. The Kier molecular flexibility index (Phi) is 4.42. The summed E-state index contributed by atoms with van der Waals surface area (Å²) in [5.74, 6) is 0.577. The summed E-state index contributed by atoms with van der Waals surface area (Å²) in [6.45, 7) is 0. The highest BCUT2D eigenvalue weighted by atomic mass is 35.5. The predicted molar refractivity (Wildman–Crippen MR) is 121 cm³/mol. The van der Waals surface area contributed by atoms with Crippen LogP contribution in [0.3, 0.4) is 0 Å². The Morgan fingerprint density at radius 2 is 1.41 bits per heavy atom. The molecule has 0 aliphatic carbocycles. The molecule has 3 nitrogen and oxygen atoms in total. The molecule has 1 aromatic heterocycles. The molecule has 0 bridgehead atoms. The zero-order chi connectivity index (χ0) is 20.0. The Hall–Kier alpha value is -3.01. The molecule has 5 heteroatoms. The van der Waals surface area contributed by atoms with Crippen LogP contribution in [0.1, 0.15) is 0 Å². The third-order valence-electron chi connectivity index (χ3n) is 5.05. The SMILES string of the molecule is CN(c1ccc(Cl)cc1)c1cc2oc(-c3ccc(Cl)cc3)nc2c2ccccc12. The Morgan fingerprint density at radius 3 is 2.10 bits per heavy atom. The molecule has 5 aromatic rings. The van der Waals surface area contributed by atoms with Gasteiger partial charge in [-0.3, -0.25) is 0 Å². The summed E-state index contributed by atoms with van der Waals surface area (Å²) in [5.41, 5.74) is 4.55. The zero-order valence-electron chi connectivity index (χ0n) is 15.6. The van der Waals surface area contributed by atoms with Gasteiger partial charge in [0.15, 0.2) is 5.58 Å². The number of fused-ring (bicyclic) bond motifs is 3. The number of nitrogens with zero attached hydrogens (tertiary/aromatic N) is 2. The number of hydrogen-bond acceptors (Lipinski definition) is 3. The summed E-state index contributed by atoms with van der Waals surface area (Å²) >= 11 is 12.1. The lowest BCUT2D eigenvalue weighted by Crippen LogP contribution is -2.09. The molecule has 0 saturated carbocycles. The Balaban J connectivity index is 1.71. The van der Waals surface area contributed by atoms with Gasteiger partial charge >= 0.3 is 0 Å². The number of halogens is 2. The molecule has 0 amide bonds. The highest BCUT2D eigenvalue weighted by molar-refractivity contribution is 6.31. The lowest BCUT2D eigenvalue weighted by atomic mass is 10.1. The highest BCUT2D eigenvalue weighted by Crippen LogP contribution is 2.38. The third kappa shape index (κ3) is 3.23. The van der Waals surface area contributed by atoms with E-state index in [1.165, 1.54) is 0 Å². The van der Waals surface area contributed by atoms with E-state index >= 15 is 0 Å². The van der Waals surface area contributed by atoms with E-state index in [2.05, 4.69) is 17.0 Å². The summed E-state index contributed by atoms with van der Waals surface area (Å²) in [7, 11) is 2.04. The van der Waals surface area contributed by atoms with Crippen molar-refractivity contribution in [3.63, 3.8) is 0 Å². The molecule has 0 N–H and O–H groups in total. The molecule has 29 heavy (non-hydrogen) atoms.